The van der Waals surface area contributed by atoms with Crippen LogP contribution in [0.25, 0.3) is 0 Å². The zero-order valence-corrected chi connectivity index (χ0v) is 15.6. The smallest absolute Gasteiger partial charge is 0.450 e. The van der Waals surface area contributed by atoms with Crippen LogP contribution in [0, 0.1) is 13.8 Å². The minimum absolute atomic E-state index is 0.0811. The molecule has 3 aromatic carbocycles. The average Bonchev–Trinajstić information content (AvgIpc) is 2.63. The number of ether oxygens (including phenoxy) is 1. The summed E-state index contributed by atoms with van der Waals surface area (Å²) in [6.07, 6.45) is -1.25. The summed E-state index contributed by atoms with van der Waals surface area (Å²) >= 11 is 0. The fraction of sp³-hybridized carbons (Fsp3) is 0.136. The number of rotatable bonds is 5. The second-order valence-corrected chi connectivity index (χ2v) is 8.05. The van der Waals surface area contributed by atoms with E-state index in [1.807, 2.05) is 26.0 Å². The predicted molar refractivity (Wildman–Crippen MR) is 104 cm³/mol. The van der Waals surface area contributed by atoms with Crippen LogP contribution in [0.15, 0.2) is 87.5 Å². The predicted octanol–water partition coefficient (Wildman–Crippen LogP) is 5.59. The maximum absolute atomic E-state index is 10.7. The van der Waals surface area contributed by atoms with Crippen LogP contribution >= 0.6 is 0 Å². The van der Waals surface area contributed by atoms with E-state index in [0.717, 1.165) is 16.7 Å². The summed E-state index contributed by atoms with van der Waals surface area (Å²) < 4.78 is 4.78. The first-order valence-electron chi connectivity index (χ1n) is 8.36. The van der Waals surface area contributed by atoms with E-state index in [1.54, 1.807) is 0 Å². The Morgan fingerprint density at radius 3 is 1.73 bits per heavy atom. The van der Waals surface area contributed by atoms with Gasteiger partial charge in [-0.15, -0.1) is 0 Å². The Morgan fingerprint density at radius 1 is 0.846 bits per heavy atom. The van der Waals surface area contributed by atoms with Crippen molar-refractivity contribution in [1.29, 1.82) is 0 Å². The first-order valence-corrected chi connectivity index (χ1v) is 9.59. The van der Waals surface area contributed by atoms with Crippen molar-refractivity contribution in [2.24, 2.45) is 0 Å². The summed E-state index contributed by atoms with van der Waals surface area (Å²) in [5, 5.41) is 8.78. The second-order valence-electron chi connectivity index (χ2n) is 6.02. The van der Waals surface area contributed by atoms with Crippen molar-refractivity contribution in [3.63, 3.8) is 0 Å². The Bertz CT molecular complexity index is 829. The van der Waals surface area contributed by atoms with Crippen molar-refractivity contribution in [3.8, 4) is 0 Å². The summed E-state index contributed by atoms with van der Waals surface area (Å²) in [5.74, 6) is 0. The molecule has 0 saturated heterocycles. The summed E-state index contributed by atoms with van der Waals surface area (Å²) in [7, 11) is -0.213. The summed E-state index contributed by atoms with van der Waals surface area (Å²) in [4.78, 5) is 14.5. The molecular weight excluding hydrogens is 344 g/mol. The quantitative estimate of drug-likeness (QED) is 0.473. The molecule has 3 nitrogen and oxygen atoms in total. The van der Waals surface area contributed by atoms with Crippen molar-refractivity contribution < 1.29 is 14.6 Å². The lowest BCUT2D eigenvalue weighted by Crippen LogP contribution is -2.08. The molecule has 0 bridgehead atoms. The molecule has 4 heteroatoms. The maximum atomic E-state index is 10.7. The standard InChI is InChI=1S/C22H20O3S/c1-16-13-20(14-17(2)21(16)15-25-22(23)24)26(18-9-5-3-6-10-18)19-11-7-4-8-12-19/h3-14H,15H2,1-2H3/p+1. The van der Waals surface area contributed by atoms with E-state index in [0.29, 0.717) is 0 Å². The zero-order valence-electron chi connectivity index (χ0n) is 14.8. The number of carbonyl (C=O) groups is 1. The fourth-order valence-corrected chi connectivity index (χ4v) is 5.22. The summed E-state index contributed by atoms with van der Waals surface area (Å²) in [5.41, 5.74) is 3.03. The molecule has 0 saturated carbocycles. The molecule has 1 N–H and O–H groups in total. The van der Waals surface area contributed by atoms with Gasteiger partial charge in [0.15, 0.2) is 14.7 Å². The Kier molecular flexibility index (Phi) is 5.64. The van der Waals surface area contributed by atoms with Crippen molar-refractivity contribution in [2.45, 2.75) is 35.1 Å². The van der Waals surface area contributed by atoms with Crippen LogP contribution in [0.2, 0.25) is 0 Å². The van der Waals surface area contributed by atoms with Gasteiger partial charge in [-0.05, 0) is 66.9 Å². The highest BCUT2D eigenvalue weighted by molar-refractivity contribution is 7.97. The van der Waals surface area contributed by atoms with Gasteiger partial charge >= 0.3 is 6.16 Å². The lowest BCUT2D eigenvalue weighted by atomic mass is 10.0. The Balaban J connectivity index is 2.06. The van der Waals surface area contributed by atoms with Crippen LogP contribution in [0.4, 0.5) is 4.79 Å². The van der Waals surface area contributed by atoms with Gasteiger partial charge in [-0.2, -0.15) is 0 Å². The first-order chi connectivity index (χ1) is 12.6. The Labute approximate surface area is 156 Å². The van der Waals surface area contributed by atoms with Gasteiger partial charge in [0.05, 0.1) is 10.9 Å². The second kappa shape index (κ2) is 8.11. The average molecular weight is 365 g/mol. The van der Waals surface area contributed by atoms with Gasteiger partial charge in [0.25, 0.3) is 0 Å². The van der Waals surface area contributed by atoms with Gasteiger partial charge in [0, 0.05) is 0 Å². The molecule has 0 atom stereocenters. The van der Waals surface area contributed by atoms with Crippen molar-refractivity contribution in [1.82, 2.24) is 0 Å². The van der Waals surface area contributed by atoms with E-state index in [-0.39, 0.29) is 17.5 Å². The monoisotopic (exact) mass is 365 g/mol. The van der Waals surface area contributed by atoms with Crippen molar-refractivity contribution >= 4 is 17.1 Å². The van der Waals surface area contributed by atoms with E-state index in [1.165, 1.54) is 14.7 Å². The zero-order chi connectivity index (χ0) is 18.5. The molecule has 0 aromatic heterocycles. The van der Waals surface area contributed by atoms with Crippen molar-refractivity contribution in [2.75, 3.05) is 0 Å². The van der Waals surface area contributed by atoms with Gasteiger partial charge in [-0.1, -0.05) is 36.4 Å². The molecule has 3 rings (SSSR count). The maximum Gasteiger partial charge on any atom is 0.506 e. The highest BCUT2D eigenvalue weighted by atomic mass is 32.2. The highest BCUT2D eigenvalue weighted by Crippen LogP contribution is 2.33. The molecule has 0 aliphatic carbocycles. The summed E-state index contributed by atoms with van der Waals surface area (Å²) in [6, 6.07) is 25.2. The molecule has 0 radical (unpaired) electrons. The van der Waals surface area contributed by atoms with Gasteiger partial charge in [-0.3, -0.25) is 0 Å². The van der Waals surface area contributed by atoms with Gasteiger partial charge < -0.3 is 9.84 Å². The lowest BCUT2D eigenvalue weighted by molar-refractivity contribution is 0.0851. The Morgan fingerprint density at radius 2 is 1.31 bits per heavy atom. The number of hydrogen-bond acceptors (Lipinski definition) is 2. The summed E-state index contributed by atoms with van der Waals surface area (Å²) in [6.45, 7) is 4.10. The van der Waals surface area contributed by atoms with Crippen molar-refractivity contribution in [3.05, 3.63) is 89.5 Å². The number of aryl methyl sites for hydroxylation is 2. The van der Waals surface area contributed by atoms with E-state index in [4.69, 9.17) is 9.84 Å². The van der Waals surface area contributed by atoms with Crippen LogP contribution in [0.5, 0.6) is 0 Å². The topological polar surface area (TPSA) is 46.5 Å². The van der Waals surface area contributed by atoms with E-state index in [2.05, 4.69) is 60.7 Å². The fourth-order valence-electron chi connectivity index (χ4n) is 2.95. The molecule has 0 heterocycles. The Hall–Kier alpha value is -2.72. The third kappa shape index (κ3) is 4.09. The lowest BCUT2D eigenvalue weighted by Gasteiger charge is -2.13. The highest BCUT2D eigenvalue weighted by Gasteiger charge is 2.29. The number of benzene rings is 3. The molecule has 26 heavy (non-hydrogen) atoms. The molecule has 3 aromatic rings. The molecule has 0 spiro atoms. The van der Waals surface area contributed by atoms with E-state index in [9.17, 15) is 4.79 Å². The molecular formula is C22H21O3S+. The minimum Gasteiger partial charge on any atom is -0.450 e. The third-order valence-corrected chi connectivity index (χ3v) is 6.40. The minimum atomic E-state index is -1.25. The van der Waals surface area contributed by atoms with Crippen LogP contribution in [-0.2, 0) is 22.2 Å². The molecule has 132 valence electrons. The number of hydrogen-bond donors (Lipinski definition) is 1. The van der Waals surface area contributed by atoms with Gasteiger partial charge in [0.1, 0.15) is 6.61 Å². The molecule has 0 aliphatic rings. The molecule has 0 amide bonds. The number of carboxylic acid groups (broad SMARTS) is 1. The SMILES string of the molecule is Cc1cc([S+](c2ccccc2)c2ccccc2)cc(C)c1COC(=O)O. The van der Waals surface area contributed by atoms with Gasteiger partial charge in [-0.25, -0.2) is 4.79 Å². The van der Waals surface area contributed by atoms with Crippen LogP contribution in [0.3, 0.4) is 0 Å². The molecule has 0 fully saturated rings. The van der Waals surface area contributed by atoms with Crippen LogP contribution < -0.4 is 0 Å². The van der Waals surface area contributed by atoms with Gasteiger partial charge in [0.2, 0.25) is 0 Å². The largest absolute Gasteiger partial charge is 0.506 e. The van der Waals surface area contributed by atoms with E-state index < -0.39 is 6.16 Å². The molecule has 0 unspecified atom stereocenters. The van der Waals surface area contributed by atoms with Crippen LogP contribution in [-0.4, -0.2) is 11.3 Å². The third-order valence-electron chi connectivity index (χ3n) is 4.20. The molecule has 0 aliphatic heterocycles. The van der Waals surface area contributed by atoms with Crippen LogP contribution in [0.1, 0.15) is 16.7 Å². The van der Waals surface area contributed by atoms with E-state index >= 15 is 0 Å². The normalized spacial score (nSPS) is 10.7. The first kappa shape index (κ1) is 18.1.